The van der Waals surface area contributed by atoms with Crippen LogP contribution in [0.4, 0.5) is 0 Å². The van der Waals surface area contributed by atoms with Crippen LogP contribution in [0.5, 0.6) is 0 Å². The molecule has 0 bridgehead atoms. The van der Waals surface area contributed by atoms with Crippen LogP contribution in [-0.4, -0.2) is 18.1 Å². The fourth-order valence-corrected chi connectivity index (χ4v) is 1.29. The maximum absolute atomic E-state index is 5.49. The van der Waals surface area contributed by atoms with E-state index in [2.05, 4.69) is 10.3 Å². The van der Waals surface area contributed by atoms with E-state index in [1.54, 1.807) is 6.20 Å². The summed E-state index contributed by atoms with van der Waals surface area (Å²) in [7, 11) is 0. The Kier molecular flexibility index (Phi) is 4.15. The van der Waals surface area contributed by atoms with Gasteiger partial charge in [0.25, 0.3) is 0 Å². The van der Waals surface area contributed by atoms with Crippen LogP contribution < -0.4 is 5.32 Å². The molecule has 13 heavy (non-hydrogen) atoms. The Labute approximate surface area is 83.9 Å². The second-order valence-electron chi connectivity index (χ2n) is 2.81. The van der Waals surface area contributed by atoms with Gasteiger partial charge >= 0.3 is 0 Å². The molecule has 0 aromatic carbocycles. The van der Waals surface area contributed by atoms with Gasteiger partial charge in [0.1, 0.15) is 0 Å². The first-order chi connectivity index (χ1) is 5.97. The molecule has 4 heteroatoms. The molecule has 1 aliphatic rings. The van der Waals surface area contributed by atoms with Gasteiger partial charge in [-0.3, -0.25) is 10.3 Å². The van der Waals surface area contributed by atoms with Crippen molar-refractivity contribution >= 4 is 12.4 Å². The Morgan fingerprint density at radius 1 is 1.46 bits per heavy atom. The highest BCUT2D eigenvalue weighted by Crippen LogP contribution is 2.13. The van der Waals surface area contributed by atoms with Crippen LogP contribution in [0, 0.1) is 0 Å². The third-order valence-corrected chi connectivity index (χ3v) is 1.89. The summed E-state index contributed by atoms with van der Waals surface area (Å²) in [6, 6.07) is 5.86. The quantitative estimate of drug-likeness (QED) is 0.747. The number of halogens is 1. The summed E-state index contributed by atoms with van der Waals surface area (Å²) in [5.74, 6) is 0. The Balaban J connectivity index is 0.000000845. The lowest BCUT2D eigenvalue weighted by atomic mass is 10.3. The Morgan fingerprint density at radius 2 is 2.38 bits per heavy atom. The average Bonchev–Trinajstić information content (AvgIpc) is 2.21. The summed E-state index contributed by atoms with van der Waals surface area (Å²) in [6.07, 6.45) is 2.87. The van der Waals surface area contributed by atoms with Crippen molar-refractivity contribution in [2.24, 2.45) is 0 Å². The number of nitrogens with zero attached hydrogens (tertiary/aromatic N) is 1. The van der Waals surface area contributed by atoms with Gasteiger partial charge in [0.05, 0.1) is 12.3 Å². The molecular formula is C9H13ClN2O. The molecule has 72 valence electrons. The second kappa shape index (κ2) is 5.17. The van der Waals surface area contributed by atoms with Gasteiger partial charge < -0.3 is 4.74 Å². The van der Waals surface area contributed by atoms with Crippen LogP contribution in [0.25, 0.3) is 0 Å². The van der Waals surface area contributed by atoms with Crippen molar-refractivity contribution in [3.63, 3.8) is 0 Å². The summed E-state index contributed by atoms with van der Waals surface area (Å²) < 4.78 is 5.49. The highest BCUT2D eigenvalue weighted by atomic mass is 35.5. The van der Waals surface area contributed by atoms with Gasteiger partial charge in [-0.1, -0.05) is 6.07 Å². The van der Waals surface area contributed by atoms with Gasteiger partial charge in [0, 0.05) is 12.7 Å². The Morgan fingerprint density at radius 3 is 3.00 bits per heavy atom. The van der Waals surface area contributed by atoms with Gasteiger partial charge in [0.15, 0.2) is 6.23 Å². The van der Waals surface area contributed by atoms with E-state index < -0.39 is 0 Å². The molecular weight excluding hydrogens is 188 g/mol. The summed E-state index contributed by atoms with van der Waals surface area (Å²) in [6.45, 7) is 1.84. The Bertz CT molecular complexity index is 237. The van der Waals surface area contributed by atoms with Crippen LogP contribution in [0.2, 0.25) is 0 Å². The number of ether oxygens (including phenoxy) is 1. The van der Waals surface area contributed by atoms with E-state index in [4.69, 9.17) is 4.74 Å². The summed E-state index contributed by atoms with van der Waals surface area (Å²) in [5.41, 5.74) is 0.970. The number of hydrogen-bond donors (Lipinski definition) is 1. The number of hydrogen-bond acceptors (Lipinski definition) is 3. The minimum atomic E-state index is -0.0000463. The lowest BCUT2D eigenvalue weighted by Crippen LogP contribution is -2.31. The first-order valence-corrected chi connectivity index (χ1v) is 4.23. The first kappa shape index (κ1) is 10.4. The molecule has 2 heterocycles. The third-order valence-electron chi connectivity index (χ3n) is 1.89. The van der Waals surface area contributed by atoms with E-state index in [9.17, 15) is 0 Å². The standard InChI is InChI=1S/C9H12N2O.ClH/c1-2-5-10-8(4-1)9-11-6-3-7-12-9;/h1-2,4-5,9,11H,3,6-7H2;1H. The molecule has 1 atom stereocenters. The molecule has 2 rings (SSSR count). The lowest BCUT2D eigenvalue weighted by Gasteiger charge is -2.23. The van der Waals surface area contributed by atoms with Gasteiger partial charge in [-0.25, -0.2) is 0 Å². The molecule has 3 nitrogen and oxygen atoms in total. The van der Waals surface area contributed by atoms with Crippen molar-refractivity contribution in [1.29, 1.82) is 0 Å². The van der Waals surface area contributed by atoms with Crippen LogP contribution in [0.15, 0.2) is 24.4 Å². The average molecular weight is 201 g/mol. The molecule has 1 aromatic rings. The van der Waals surface area contributed by atoms with E-state index in [0.29, 0.717) is 0 Å². The largest absolute Gasteiger partial charge is 0.357 e. The zero-order valence-electron chi connectivity index (χ0n) is 7.27. The summed E-state index contributed by atoms with van der Waals surface area (Å²) in [5, 5.41) is 3.25. The predicted octanol–water partition coefficient (Wildman–Crippen LogP) is 1.51. The SMILES string of the molecule is Cl.c1ccc(C2NCCCO2)nc1. The van der Waals surface area contributed by atoms with Crippen molar-refractivity contribution in [3.05, 3.63) is 30.1 Å². The molecule has 0 amide bonds. The summed E-state index contributed by atoms with van der Waals surface area (Å²) >= 11 is 0. The van der Waals surface area contributed by atoms with Crippen LogP contribution in [0.3, 0.4) is 0 Å². The number of rotatable bonds is 1. The molecule has 1 saturated heterocycles. The van der Waals surface area contributed by atoms with E-state index in [-0.39, 0.29) is 18.6 Å². The fraction of sp³-hybridized carbons (Fsp3) is 0.444. The van der Waals surface area contributed by atoms with Crippen molar-refractivity contribution < 1.29 is 4.74 Å². The monoisotopic (exact) mass is 200 g/mol. The molecule has 1 aromatic heterocycles. The number of pyridine rings is 1. The normalized spacial score (nSPS) is 22.0. The van der Waals surface area contributed by atoms with Gasteiger partial charge in [0.2, 0.25) is 0 Å². The van der Waals surface area contributed by atoms with Crippen LogP contribution in [-0.2, 0) is 4.74 Å². The van der Waals surface area contributed by atoms with Gasteiger partial charge in [-0.2, -0.15) is 0 Å². The highest BCUT2D eigenvalue weighted by molar-refractivity contribution is 5.85. The minimum Gasteiger partial charge on any atom is -0.357 e. The molecule has 1 N–H and O–H groups in total. The van der Waals surface area contributed by atoms with Crippen molar-refractivity contribution in [1.82, 2.24) is 10.3 Å². The van der Waals surface area contributed by atoms with Crippen LogP contribution in [0.1, 0.15) is 18.3 Å². The van der Waals surface area contributed by atoms with E-state index in [0.717, 1.165) is 25.3 Å². The molecule has 1 unspecified atom stereocenters. The topological polar surface area (TPSA) is 34.1 Å². The zero-order valence-corrected chi connectivity index (χ0v) is 8.09. The van der Waals surface area contributed by atoms with Crippen molar-refractivity contribution in [2.75, 3.05) is 13.2 Å². The molecule has 1 aliphatic heterocycles. The predicted molar refractivity (Wildman–Crippen MR) is 52.8 cm³/mol. The zero-order chi connectivity index (χ0) is 8.23. The maximum atomic E-state index is 5.49. The van der Waals surface area contributed by atoms with Crippen molar-refractivity contribution in [2.45, 2.75) is 12.6 Å². The van der Waals surface area contributed by atoms with E-state index in [1.807, 2.05) is 18.2 Å². The minimum absolute atomic E-state index is 0. The third kappa shape index (κ3) is 2.66. The summed E-state index contributed by atoms with van der Waals surface area (Å²) in [4.78, 5) is 4.21. The lowest BCUT2D eigenvalue weighted by molar-refractivity contribution is -0.00297. The van der Waals surface area contributed by atoms with Crippen LogP contribution >= 0.6 is 12.4 Å². The molecule has 0 radical (unpaired) electrons. The highest BCUT2D eigenvalue weighted by Gasteiger charge is 2.14. The molecule has 0 spiro atoms. The van der Waals surface area contributed by atoms with Gasteiger partial charge in [-0.05, 0) is 18.6 Å². The fourth-order valence-electron chi connectivity index (χ4n) is 1.29. The number of nitrogens with one attached hydrogen (secondary N) is 1. The van der Waals surface area contributed by atoms with E-state index >= 15 is 0 Å². The number of aromatic nitrogens is 1. The Hall–Kier alpha value is -0.640. The second-order valence-corrected chi connectivity index (χ2v) is 2.81. The van der Waals surface area contributed by atoms with E-state index in [1.165, 1.54) is 0 Å². The molecule has 1 fully saturated rings. The maximum Gasteiger partial charge on any atom is 0.151 e. The van der Waals surface area contributed by atoms with Gasteiger partial charge in [-0.15, -0.1) is 12.4 Å². The van der Waals surface area contributed by atoms with Crippen molar-refractivity contribution in [3.8, 4) is 0 Å². The first-order valence-electron chi connectivity index (χ1n) is 4.23. The molecule has 0 aliphatic carbocycles. The smallest absolute Gasteiger partial charge is 0.151 e. The molecule has 0 saturated carbocycles.